The Labute approximate surface area is 116 Å². The highest BCUT2D eigenvalue weighted by Gasteiger charge is 2.16. The van der Waals surface area contributed by atoms with Crippen LogP contribution in [-0.4, -0.2) is 24.7 Å². The first-order valence-electron chi connectivity index (χ1n) is 5.91. The van der Waals surface area contributed by atoms with E-state index in [0.717, 1.165) is 16.5 Å². The Bertz CT molecular complexity index is 613. The third kappa shape index (κ3) is 2.69. The molecule has 0 aliphatic rings. The van der Waals surface area contributed by atoms with Crippen LogP contribution in [0.1, 0.15) is 22.8 Å². The molecule has 1 aromatic heterocycles. The molecule has 0 aliphatic carbocycles. The Morgan fingerprint density at radius 1 is 1.42 bits per heavy atom. The molecule has 2 aromatic rings. The quantitative estimate of drug-likeness (QED) is 0.807. The van der Waals surface area contributed by atoms with Crippen molar-refractivity contribution in [2.45, 2.75) is 13.5 Å². The summed E-state index contributed by atoms with van der Waals surface area (Å²) in [5.41, 5.74) is 1.95. The molecular formula is C14H14ClNO3. The predicted molar refractivity (Wildman–Crippen MR) is 73.4 cm³/mol. The van der Waals surface area contributed by atoms with Gasteiger partial charge in [-0.15, -0.1) is 0 Å². The molecule has 0 atom stereocenters. The minimum absolute atomic E-state index is 0.283. The maximum absolute atomic E-state index is 11.7. The molecule has 0 unspecified atom stereocenters. The lowest BCUT2D eigenvalue weighted by Crippen LogP contribution is -2.06. The minimum Gasteiger partial charge on any atom is -0.462 e. The Morgan fingerprint density at radius 3 is 2.89 bits per heavy atom. The Balaban J connectivity index is 2.56. The molecule has 0 amide bonds. The number of carbonyl (C=O) groups excluding carboxylic acids is 1. The van der Waals surface area contributed by atoms with Crippen molar-refractivity contribution >= 4 is 28.5 Å². The van der Waals surface area contributed by atoms with E-state index in [1.54, 1.807) is 14.0 Å². The maximum Gasteiger partial charge on any atom is 0.341 e. The van der Waals surface area contributed by atoms with Crippen molar-refractivity contribution in [3.63, 3.8) is 0 Å². The number of methoxy groups -OCH3 is 1. The van der Waals surface area contributed by atoms with Crippen LogP contribution in [0, 0.1) is 0 Å². The van der Waals surface area contributed by atoms with Gasteiger partial charge < -0.3 is 9.47 Å². The highest BCUT2D eigenvalue weighted by molar-refractivity contribution is 6.38. The summed E-state index contributed by atoms with van der Waals surface area (Å²) in [4.78, 5) is 16.0. The van der Waals surface area contributed by atoms with E-state index < -0.39 is 5.97 Å². The lowest BCUT2D eigenvalue weighted by molar-refractivity contribution is 0.0526. The van der Waals surface area contributed by atoms with Crippen molar-refractivity contribution in [1.29, 1.82) is 0 Å². The second-order valence-electron chi connectivity index (χ2n) is 3.95. The first-order chi connectivity index (χ1) is 9.19. The summed E-state index contributed by atoms with van der Waals surface area (Å²) >= 11 is 6.26. The second-order valence-corrected chi connectivity index (χ2v) is 4.33. The topological polar surface area (TPSA) is 48.4 Å². The van der Waals surface area contributed by atoms with Crippen molar-refractivity contribution in [1.82, 2.24) is 4.98 Å². The zero-order valence-electron chi connectivity index (χ0n) is 10.8. The van der Waals surface area contributed by atoms with Crippen LogP contribution in [0.15, 0.2) is 24.4 Å². The molecule has 0 spiro atoms. The van der Waals surface area contributed by atoms with Gasteiger partial charge in [-0.25, -0.2) is 4.79 Å². The highest BCUT2D eigenvalue weighted by atomic mass is 35.5. The molecule has 2 rings (SSSR count). The SMILES string of the molecule is CCOC(=O)c1cnc2c(COC)cccc2c1Cl. The smallest absolute Gasteiger partial charge is 0.341 e. The number of hydrogen-bond donors (Lipinski definition) is 0. The molecular weight excluding hydrogens is 266 g/mol. The van der Waals surface area contributed by atoms with E-state index in [4.69, 9.17) is 21.1 Å². The number of esters is 1. The minimum atomic E-state index is -0.459. The third-order valence-electron chi connectivity index (χ3n) is 2.71. The van der Waals surface area contributed by atoms with E-state index in [1.165, 1.54) is 6.20 Å². The number of halogens is 1. The van der Waals surface area contributed by atoms with E-state index in [0.29, 0.717) is 18.2 Å². The van der Waals surface area contributed by atoms with Gasteiger partial charge >= 0.3 is 5.97 Å². The van der Waals surface area contributed by atoms with Gasteiger partial charge in [0.2, 0.25) is 0 Å². The summed E-state index contributed by atoms with van der Waals surface area (Å²) in [5, 5.41) is 1.09. The van der Waals surface area contributed by atoms with Gasteiger partial charge in [0.25, 0.3) is 0 Å². The Kier molecular flexibility index (Phi) is 4.35. The molecule has 0 fully saturated rings. The fourth-order valence-electron chi connectivity index (χ4n) is 1.87. The van der Waals surface area contributed by atoms with E-state index in [1.807, 2.05) is 18.2 Å². The van der Waals surface area contributed by atoms with Gasteiger partial charge in [-0.3, -0.25) is 4.98 Å². The van der Waals surface area contributed by atoms with Gasteiger partial charge in [0.15, 0.2) is 0 Å². The van der Waals surface area contributed by atoms with E-state index in [2.05, 4.69) is 4.98 Å². The van der Waals surface area contributed by atoms with Crippen molar-refractivity contribution < 1.29 is 14.3 Å². The number of fused-ring (bicyclic) bond motifs is 1. The lowest BCUT2D eigenvalue weighted by atomic mass is 10.1. The van der Waals surface area contributed by atoms with Crippen molar-refractivity contribution in [2.75, 3.05) is 13.7 Å². The summed E-state index contributed by atoms with van der Waals surface area (Å²) in [6, 6.07) is 5.60. The third-order valence-corrected chi connectivity index (χ3v) is 3.12. The second kappa shape index (κ2) is 5.99. The van der Waals surface area contributed by atoms with Crippen LogP contribution in [0.5, 0.6) is 0 Å². The number of benzene rings is 1. The normalized spacial score (nSPS) is 10.7. The first kappa shape index (κ1) is 13.8. The Hall–Kier alpha value is -1.65. The highest BCUT2D eigenvalue weighted by Crippen LogP contribution is 2.28. The van der Waals surface area contributed by atoms with Crippen LogP contribution >= 0.6 is 11.6 Å². The van der Waals surface area contributed by atoms with Gasteiger partial charge in [0, 0.05) is 24.3 Å². The van der Waals surface area contributed by atoms with Crippen LogP contribution in [0.4, 0.5) is 0 Å². The van der Waals surface area contributed by atoms with Crippen molar-refractivity contribution in [2.24, 2.45) is 0 Å². The van der Waals surface area contributed by atoms with Crippen LogP contribution in [0.2, 0.25) is 5.02 Å². The van der Waals surface area contributed by atoms with Crippen LogP contribution < -0.4 is 0 Å². The number of hydrogen-bond acceptors (Lipinski definition) is 4. The fraction of sp³-hybridized carbons (Fsp3) is 0.286. The van der Waals surface area contributed by atoms with E-state index in [9.17, 15) is 4.79 Å². The number of ether oxygens (including phenoxy) is 2. The molecule has 0 radical (unpaired) electrons. The average molecular weight is 280 g/mol. The Morgan fingerprint density at radius 2 is 2.21 bits per heavy atom. The molecule has 0 bridgehead atoms. The van der Waals surface area contributed by atoms with Crippen LogP contribution in [0.3, 0.4) is 0 Å². The number of para-hydroxylation sites is 1. The zero-order chi connectivity index (χ0) is 13.8. The molecule has 0 saturated heterocycles. The van der Waals surface area contributed by atoms with E-state index in [-0.39, 0.29) is 5.56 Å². The molecule has 0 aliphatic heterocycles. The van der Waals surface area contributed by atoms with Gasteiger partial charge in [-0.1, -0.05) is 29.8 Å². The van der Waals surface area contributed by atoms with E-state index >= 15 is 0 Å². The van der Waals surface area contributed by atoms with Crippen molar-refractivity contribution in [3.8, 4) is 0 Å². The standard InChI is InChI=1S/C14H14ClNO3/c1-3-19-14(17)11-7-16-13-9(8-18-2)5-4-6-10(13)12(11)15/h4-7H,3,8H2,1-2H3. The van der Waals surface area contributed by atoms with Gasteiger partial charge in [0.05, 0.1) is 29.3 Å². The molecule has 19 heavy (non-hydrogen) atoms. The number of carbonyl (C=O) groups is 1. The molecule has 100 valence electrons. The largest absolute Gasteiger partial charge is 0.462 e. The molecule has 0 saturated carbocycles. The zero-order valence-corrected chi connectivity index (χ0v) is 11.5. The van der Waals surface area contributed by atoms with Gasteiger partial charge in [-0.2, -0.15) is 0 Å². The van der Waals surface area contributed by atoms with Crippen LogP contribution in [-0.2, 0) is 16.1 Å². The summed E-state index contributed by atoms with van der Waals surface area (Å²) in [7, 11) is 1.62. The monoisotopic (exact) mass is 279 g/mol. The number of pyridine rings is 1. The maximum atomic E-state index is 11.7. The average Bonchev–Trinajstić information content (AvgIpc) is 2.40. The first-order valence-corrected chi connectivity index (χ1v) is 6.29. The summed E-state index contributed by atoms with van der Waals surface area (Å²) in [6.45, 7) is 2.49. The molecule has 1 heterocycles. The lowest BCUT2D eigenvalue weighted by Gasteiger charge is -2.09. The van der Waals surface area contributed by atoms with Gasteiger partial charge in [-0.05, 0) is 6.92 Å². The number of aromatic nitrogens is 1. The van der Waals surface area contributed by atoms with Gasteiger partial charge in [0.1, 0.15) is 0 Å². The molecule has 0 N–H and O–H groups in total. The summed E-state index contributed by atoms with van der Waals surface area (Å²) < 4.78 is 10.1. The molecule has 1 aromatic carbocycles. The molecule has 4 nitrogen and oxygen atoms in total. The number of rotatable bonds is 4. The summed E-state index contributed by atoms with van der Waals surface area (Å²) in [5.74, 6) is -0.459. The predicted octanol–water partition coefficient (Wildman–Crippen LogP) is 3.21. The van der Waals surface area contributed by atoms with Crippen molar-refractivity contribution in [3.05, 3.63) is 40.5 Å². The summed E-state index contributed by atoms with van der Waals surface area (Å²) in [6.07, 6.45) is 1.45. The van der Waals surface area contributed by atoms with Crippen LogP contribution in [0.25, 0.3) is 10.9 Å². The molecule has 5 heteroatoms. The number of nitrogens with zero attached hydrogens (tertiary/aromatic N) is 1. The fourth-order valence-corrected chi connectivity index (χ4v) is 2.15.